The highest BCUT2D eigenvalue weighted by atomic mass is 79.9. The molecular weight excluding hydrogens is 295 g/mol. The van der Waals surface area contributed by atoms with Gasteiger partial charge in [0.05, 0.1) is 0 Å². The summed E-state index contributed by atoms with van der Waals surface area (Å²) in [4.78, 5) is 4.36. The fourth-order valence-corrected chi connectivity index (χ4v) is 2.50. The van der Waals surface area contributed by atoms with E-state index in [1.165, 1.54) is 6.07 Å². The van der Waals surface area contributed by atoms with Gasteiger partial charge in [0.2, 0.25) is 0 Å². The maximum Gasteiger partial charge on any atom is 0.149 e. The van der Waals surface area contributed by atoms with E-state index in [1.54, 1.807) is 6.07 Å². The van der Waals surface area contributed by atoms with Crippen molar-refractivity contribution < 1.29 is 4.39 Å². The van der Waals surface area contributed by atoms with Gasteiger partial charge in [-0.3, -0.25) is 0 Å². The smallest absolute Gasteiger partial charge is 0.149 e. The second-order valence-corrected chi connectivity index (χ2v) is 5.23. The molecule has 0 unspecified atom stereocenters. The van der Waals surface area contributed by atoms with Gasteiger partial charge in [0.15, 0.2) is 0 Å². The summed E-state index contributed by atoms with van der Waals surface area (Å²) in [7, 11) is 0. The van der Waals surface area contributed by atoms with Gasteiger partial charge in [0, 0.05) is 27.8 Å². The third kappa shape index (κ3) is 2.21. The van der Waals surface area contributed by atoms with Crippen LogP contribution in [-0.4, -0.2) is 11.5 Å². The maximum absolute atomic E-state index is 13.9. The van der Waals surface area contributed by atoms with E-state index in [2.05, 4.69) is 33.2 Å². The first-order valence-electron chi connectivity index (χ1n) is 6.05. The molecule has 1 aromatic heterocycles. The Morgan fingerprint density at radius 2 is 2.06 bits per heavy atom. The van der Waals surface area contributed by atoms with E-state index in [1.807, 2.05) is 13.8 Å². The highest BCUT2D eigenvalue weighted by Gasteiger charge is 2.14. The van der Waals surface area contributed by atoms with Gasteiger partial charge in [0.1, 0.15) is 11.3 Å². The van der Waals surface area contributed by atoms with Crippen LogP contribution in [0.4, 0.5) is 10.1 Å². The Balaban J connectivity index is 2.79. The summed E-state index contributed by atoms with van der Waals surface area (Å²) in [5.74, 6) is -0.282. The molecule has 0 fully saturated rings. The third-order valence-corrected chi connectivity index (χ3v) is 3.74. The number of aryl methyl sites for hydroxylation is 1. The van der Waals surface area contributed by atoms with Crippen molar-refractivity contribution in [3.63, 3.8) is 0 Å². The topological polar surface area (TPSA) is 24.9 Å². The van der Waals surface area contributed by atoms with Crippen LogP contribution in [0.3, 0.4) is 0 Å². The molecule has 18 heavy (non-hydrogen) atoms. The molecule has 0 atom stereocenters. The molecule has 0 saturated heterocycles. The van der Waals surface area contributed by atoms with Crippen molar-refractivity contribution in [1.29, 1.82) is 0 Å². The van der Waals surface area contributed by atoms with Gasteiger partial charge in [-0.25, -0.2) is 9.37 Å². The number of nitrogens with zero attached hydrogens (tertiary/aromatic N) is 1. The quantitative estimate of drug-likeness (QED) is 0.898. The molecule has 0 aliphatic heterocycles. The normalized spacial score (nSPS) is 10.9. The van der Waals surface area contributed by atoms with E-state index >= 15 is 0 Å². The highest BCUT2D eigenvalue weighted by Crippen LogP contribution is 2.34. The van der Waals surface area contributed by atoms with Gasteiger partial charge < -0.3 is 5.32 Å². The van der Waals surface area contributed by atoms with Crippen molar-refractivity contribution in [2.75, 3.05) is 11.9 Å². The van der Waals surface area contributed by atoms with E-state index in [0.29, 0.717) is 5.52 Å². The Labute approximate surface area is 115 Å². The SMILES string of the molecule is CCCNc1c(C)c(C)nc2c(F)ccc(Br)c12. The lowest BCUT2D eigenvalue weighted by molar-refractivity contribution is 0.636. The Kier molecular flexibility index (Phi) is 3.85. The minimum Gasteiger partial charge on any atom is -0.384 e. The Bertz CT molecular complexity index is 596. The molecule has 2 rings (SSSR count). The number of hydrogen-bond acceptors (Lipinski definition) is 2. The van der Waals surface area contributed by atoms with Crippen LogP contribution in [0.15, 0.2) is 16.6 Å². The zero-order chi connectivity index (χ0) is 13.3. The summed E-state index contributed by atoms with van der Waals surface area (Å²) < 4.78 is 14.7. The minimum absolute atomic E-state index is 0.282. The Morgan fingerprint density at radius 3 is 2.72 bits per heavy atom. The van der Waals surface area contributed by atoms with Gasteiger partial charge >= 0.3 is 0 Å². The second kappa shape index (κ2) is 5.22. The summed E-state index contributed by atoms with van der Waals surface area (Å²) in [5, 5.41) is 4.20. The fraction of sp³-hybridized carbons (Fsp3) is 0.357. The summed E-state index contributed by atoms with van der Waals surface area (Å²) in [6.45, 7) is 6.89. The average Bonchev–Trinajstić information content (AvgIpc) is 2.35. The molecule has 1 N–H and O–H groups in total. The van der Waals surface area contributed by atoms with E-state index in [-0.39, 0.29) is 5.82 Å². The minimum atomic E-state index is -0.282. The first-order chi connectivity index (χ1) is 8.56. The molecule has 2 nitrogen and oxygen atoms in total. The molecule has 0 saturated carbocycles. The number of fused-ring (bicyclic) bond motifs is 1. The zero-order valence-corrected chi connectivity index (χ0v) is 12.4. The predicted octanol–water partition coefficient (Wildman–Crippen LogP) is 4.58. The molecule has 0 amide bonds. The number of anilines is 1. The summed E-state index contributed by atoms with van der Waals surface area (Å²) in [6, 6.07) is 3.17. The van der Waals surface area contributed by atoms with Gasteiger partial charge in [-0.15, -0.1) is 0 Å². The molecule has 1 aromatic carbocycles. The number of halogens is 2. The van der Waals surface area contributed by atoms with Crippen LogP contribution < -0.4 is 5.32 Å². The van der Waals surface area contributed by atoms with Crippen LogP contribution in [0, 0.1) is 19.7 Å². The number of rotatable bonds is 3. The zero-order valence-electron chi connectivity index (χ0n) is 10.8. The van der Waals surface area contributed by atoms with Crippen molar-refractivity contribution >= 4 is 32.5 Å². The second-order valence-electron chi connectivity index (χ2n) is 4.38. The molecule has 0 radical (unpaired) electrons. The first-order valence-corrected chi connectivity index (χ1v) is 6.84. The lowest BCUT2D eigenvalue weighted by atomic mass is 10.1. The van der Waals surface area contributed by atoms with Crippen molar-refractivity contribution in [2.45, 2.75) is 27.2 Å². The number of nitrogens with one attached hydrogen (secondary N) is 1. The van der Waals surface area contributed by atoms with Gasteiger partial charge in [-0.05, 0) is 38.0 Å². The van der Waals surface area contributed by atoms with Crippen molar-refractivity contribution in [3.8, 4) is 0 Å². The number of benzene rings is 1. The van der Waals surface area contributed by atoms with E-state index < -0.39 is 0 Å². The van der Waals surface area contributed by atoms with Gasteiger partial charge in [-0.2, -0.15) is 0 Å². The Morgan fingerprint density at radius 1 is 1.33 bits per heavy atom. The average molecular weight is 311 g/mol. The molecular formula is C14H16BrFN2. The van der Waals surface area contributed by atoms with Crippen LogP contribution in [-0.2, 0) is 0 Å². The van der Waals surface area contributed by atoms with Crippen LogP contribution in [0.5, 0.6) is 0 Å². The fourth-order valence-electron chi connectivity index (χ4n) is 1.98. The van der Waals surface area contributed by atoms with Crippen LogP contribution in [0.2, 0.25) is 0 Å². The van der Waals surface area contributed by atoms with Crippen LogP contribution in [0.25, 0.3) is 10.9 Å². The molecule has 0 bridgehead atoms. The molecule has 0 aliphatic rings. The van der Waals surface area contributed by atoms with Crippen LogP contribution in [0.1, 0.15) is 24.6 Å². The van der Waals surface area contributed by atoms with E-state index in [4.69, 9.17) is 0 Å². The largest absolute Gasteiger partial charge is 0.384 e. The molecule has 0 aliphatic carbocycles. The third-order valence-electron chi connectivity index (χ3n) is 3.08. The maximum atomic E-state index is 13.9. The van der Waals surface area contributed by atoms with Crippen LogP contribution >= 0.6 is 15.9 Å². The molecule has 2 aromatic rings. The predicted molar refractivity (Wildman–Crippen MR) is 77.7 cm³/mol. The molecule has 1 heterocycles. The standard InChI is InChI=1S/C14H16BrFN2/c1-4-7-17-13-8(2)9(3)18-14-11(16)6-5-10(15)12(13)14/h5-6H,4,7H2,1-3H3,(H,17,18). The lowest BCUT2D eigenvalue weighted by Gasteiger charge is -2.15. The lowest BCUT2D eigenvalue weighted by Crippen LogP contribution is -2.05. The number of hydrogen-bond donors (Lipinski definition) is 1. The van der Waals surface area contributed by atoms with Crippen molar-refractivity contribution in [2.24, 2.45) is 0 Å². The van der Waals surface area contributed by atoms with Crippen molar-refractivity contribution in [3.05, 3.63) is 33.7 Å². The summed E-state index contributed by atoms with van der Waals surface area (Å²) >= 11 is 3.49. The number of pyridine rings is 1. The van der Waals surface area contributed by atoms with Crippen molar-refractivity contribution in [1.82, 2.24) is 4.98 Å². The summed E-state index contributed by atoms with van der Waals surface area (Å²) in [6.07, 6.45) is 1.02. The summed E-state index contributed by atoms with van der Waals surface area (Å²) in [5.41, 5.74) is 3.33. The monoisotopic (exact) mass is 310 g/mol. The molecule has 0 spiro atoms. The van der Waals surface area contributed by atoms with E-state index in [9.17, 15) is 4.39 Å². The molecule has 96 valence electrons. The first kappa shape index (κ1) is 13.3. The highest BCUT2D eigenvalue weighted by molar-refractivity contribution is 9.10. The van der Waals surface area contributed by atoms with Gasteiger partial charge in [-0.1, -0.05) is 22.9 Å². The van der Waals surface area contributed by atoms with E-state index in [0.717, 1.165) is 39.8 Å². The Hall–Kier alpha value is -1.16. The van der Waals surface area contributed by atoms with Gasteiger partial charge in [0.25, 0.3) is 0 Å². The molecule has 4 heteroatoms. The number of aromatic nitrogens is 1.